The Morgan fingerprint density at radius 3 is 2.62 bits per heavy atom. The topological polar surface area (TPSA) is 136 Å². The molecule has 2 saturated carbocycles. The van der Waals surface area contributed by atoms with Crippen LogP contribution in [-0.4, -0.2) is 66.2 Å². The molecule has 5 N–H and O–H groups in total. The molecule has 0 radical (unpaired) electrons. The van der Waals surface area contributed by atoms with E-state index in [0.717, 1.165) is 26.5 Å². The summed E-state index contributed by atoms with van der Waals surface area (Å²) in [6, 6.07) is 1.83. The summed E-state index contributed by atoms with van der Waals surface area (Å²) >= 11 is 1.54. The maximum Gasteiger partial charge on any atom is 0.224 e. The predicted molar refractivity (Wildman–Crippen MR) is 135 cm³/mol. The normalized spacial score (nSPS) is 25.6. The molecule has 3 aromatic rings. The molecule has 184 valence electrons. The molecule has 2 aliphatic carbocycles. The highest BCUT2D eigenvalue weighted by Crippen LogP contribution is 2.37. The minimum Gasteiger partial charge on any atom is -0.396 e. The molecule has 0 unspecified atom stereocenters. The number of nitrogens with zero attached hydrogens (tertiary/aromatic N) is 4. The highest BCUT2D eigenvalue weighted by atomic mass is 35.5. The Hall–Kier alpha value is -2.11. The highest BCUT2D eigenvalue weighted by molar-refractivity contribution is 7.21. The van der Waals surface area contributed by atoms with Gasteiger partial charge in [0.1, 0.15) is 22.4 Å². The first-order valence-electron chi connectivity index (χ1n) is 11.5. The SMILES string of the molecule is Cc1cc2sc(-c3cnc(N[C@H](C)C4CCC4)nc3N[C@@H]3C[C@H](CO)[C@@H](O)[C@H]3O)nc2cn1.Cl. The minimum absolute atomic E-state index is 0. The number of aliphatic hydroxyl groups excluding tert-OH is 3. The van der Waals surface area contributed by atoms with Gasteiger partial charge in [-0.1, -0.05) is 6.42 Å². The minimum atomic E-state index is -1.00. The molecule has 0 aromatic carbocycles. The van der Waals surface area contributed by atoms with Crippen LogP contribution in [0.25, 0.3) is 20.8 Å². The Morgan fingerprint density at radius 1 is 1.15 bits per heavy atom. The van der Waals surface area contributed by atoms with Crippen molar-refractivity contribution in [3.8, 4) is 10.6 Å². The average Bonchev–Trinajstić information content (AvgIpc) is 3.28. The molecule has 0 bridgehead atoms. The van der Waals surface area contributed by atoms with Gasteiger partial charge in [0.15, 0.2) is 0 Å². The van der Waals surface area contributed by atoms with E-state index in [0.29, 0.717) is 24.1 Å². The first-order valence-corrected chi connectivity index (χ1v) is 12.3. The van der Waals surface area contributed by atoms with Crippen molar-refractivity contribution < 1.29 is 15.3 Å². The molecule has 2 aliphatic rings. The van der Waals surface area contributed by atoms with Crippen molar-refractivity contribution in [3.63, 3.8) is 0 Å². The van der Waals surface area contributed by atoms with Gasteiger partial charge in [0.05, 0.1) is 28.6 Å². The number of nitrogens with one attached hydrogen (secondary N) is 2. The summed E-state index contributed by atoms with van der Waals surface area (Å²) in [5, 5.41) is 37.9. The van der Waals surface area contributed by atoms with Crippen molar-refractivity contribution in [2.75, 3.05) is 17.2 Å². The quantitative estimate of drug-likeness (QED) is 0.327. The van der Waals surface area contributed by atoms with Crippen molar-refractivity contribution in [1.29, 1.82) is 0 Å². The smallest absolute Gasteiger partial charge is 0.224 e. The lowest BCUT2D eigenvalue weighted by atomic mass is 9.80. The Bertz CT molecular complexity index is 1140. The first kappa shape index (κ1) is 25.0. The number of pyridine rings is 1. The van der Waals surface area contributed by atoms with Gasteiger partial charge in [-0.05, 0) is 45.1 Å². The molecule has 5 atom stereocenters. The van der Waals surface area contributed by atoms with Gasteiger partial charge >= 0.3 is 0 Å². The number of aromatic nitrogens is 4. The summed E-state index contributed by atoms with van der Waals surface area (Å²) in [6.07, 6.45) is 5.66. The summed E-state index contributed by atoms with van der Waals surface area (Å²) in [5.74, 6) is 1.32. The Kier molecular flexibility index (Phi) is 7.54. The van der Waals surface area contributed by atoms with Crippen LogP contribution in [0.5, 0.6) is 0 Å². The van der Waals surface area contributed by atoms with E-state index in [1.165, 1.54) is 30.6 Å². The van der Waals surface area contributed by atoms with E-state index in [1.54, 1.807) is 12.4 Å². The van der Waals surface area contributed by atoms with E-state index in [-0.39, 0.29) is 31.0 Å². The fourth-order valence-electron chi connectivity index (χ4n) is 4.65. The Labute approximate surface area is 208 Å². The van der Waals surface area contributed by atoms with Gasteiger partial charge < -0.3 is 26.0 Å². The molecule has 9 nitrogen and oxygen atoms in total. The van der Waals surface area contributed by atoms with Crippen molar-refractivity contribution in [2.45, 2.75) is 63.8 Å². The van der Waals surface area contributed by atoms with E-state index >= 15 is 0 Å². The van der Waals surface area contributed by atoms with E-state index in [9.17, 15) is 15.3 Å². The number of hydrogen-bond donors (Lipinski definition) is 5. The number of fused-ring (bicyclic) bond motifs is 1. The zero-order chi connectivity index (χ0) is 23.1. The van der Waals surface area contributed by atoms with Crippen LogP contribution in [-0.2, 0) is 0 Å². The van der Waals surface area contributed by atoms with Gasteiger partial charge in [-0.3, -0.25) is 4.98 Å². The van der Waals surface area contributed by atoms with Gasteiger partial charge in [-0.2, -0.15) is 4.98 Å². The second-order valence-corrected chi connectivity index (χ2v) is 10.3. The highest BCUT2D eigenvalue weighted by Gasteiger charge is 2.41. The van der Waals surface area contributed by atoms with Crippen molar-refractivity contribution in [3.05, 3.63) is 24.2 Å². The number of anilines is 2. The van der Waals surface area contributed by atoms with Gasteiger partial charge in [-0.25, -0.2) is 9.97 Å². The lowest BCUT2D eigenvalue weighted by Crippen LogP contribution is -2.36. The van der Waals surface area contributed by atoms with Gasteiger partial charge in [0.2, 0.25) is 5.95 Å². The maximum absolute atomic E-state index is 10.5. The second-order valence-electron chi connectivity index (χ2n) is 9.30. The van der Waals surface area contributed by atoms with Gasteiger partial charge in [0.25, 0.3) is 0 Å². The van der Waals surface area contributed by atoms with E-state index in [2.05, 4.69) is 27.5 Å². The monoisotopic (exact) mass is 506 g/mol. The molecular weight excluding hydrogens is 476 g/mol. The van der Waals surface area contributed by atoms with Crippen LogP contribution in [0.3, 0.4) is 0 Å². The van der Waals surface area contributed by atoms with Crippen molar-refractivity contribution in [2.24, 2.45) is 11.8 Å². The third-order valence-corrected chi connectivity index (χ3v) is 8.05. The van der Waals surface area contributed by atoms with Gasteiger partial charge in [-0.15, -0.1) is 23.7 Å². The number of rotatable bonds is 7. The largest absolute Gasteiger partial charge is 0.396 e. The van der Waals surface area contributed by atoms with Crippen LogP contribution >= 0.6 is 23.7 Å². The van der Waals surface area contributed by atoms with Crippen LogP contribution in [0.15, 0.2) is 18.5 Å². The third kappa shape index (κ3) is 4.83. The maximum atomic E-state index is 10.5. The molecule has 3 heterocycles. The van der Waals surface area contributed by atoms with Crippen LogP contribution in [0, 0.1) is 18.8 Å². The molecule has 0 saturated heterocycles. The van der Waals surface area contributed by atoms with Gasteiger partial charge in [0, 0.05) is 30.5 Å². The molecule has 34 heavy (non-hydrogen) atoms. The van der Waals surface area contributed by atoms with Crippen LogP contribution in [0.4, 0.5) is 11.8 Å². The molecular formula is C23H31ClN6O3S. The number of halogens is 1. The molecule has 0 spiro atoms. The first-order chi connectivity index (χ1) is 15.9. The molecule has 0 aliphatic heterocycles. The zero-order valence-corrected chi connectivity index (χ0v) is 20.8. The Balaban J connectivity index is 0.00000274. The lowest BCUT2D eigenvalue weighted by molar-refractivity contribution is 0.00446. The fraction of sp³-hybridized carbons (Fsp3) is 0.565. The van der Waals surface area contributed by atoms with Crippen LogP contribution in [0.1, 0.15) is 38.3 Å². The number of hydrogen-bond acceptors (Lipinski definition) is 10. The van der Waals surface area contributed by atoms with Crippen LogP contribution in [0.2, 0.25) is 0 Å². The summed E-state index contributed by atoms with van der Waals surface area (Å²) in [4.78, 5) is 18.4. The van der Waals surface area contributed by atoms with E-state index in [1.807, 2.05) is 13.0 Å². The average molecular weight is 507 g/mol. The van der Waals surface area contributed by atoms with E-state index in [4.69, 9.17) is 9.97 Å². The summed E-state index contributed by atoms with van der Waals surface area (Å²) in [7, 11) is 0. The second kappa shape index (κ2) is 10.2. The zero-order valence-electron chi connectivity index (χ0n) is 19.2. The molecule has 3 aromatic heterocycles. The summed E-state index contributed by atoms with van der Waals surface area (Å²) in [6.45, 7) is 3.92. The summed E-state index contributed by atoms with van der Waals surface area (Å²) < 4.78 is 1.03. The summed E-state index contributed by atoms with van der Waals surface area (Å²) in [5.41, 5.74) is 2.46. The van der Waals surface area contributed by atoms with Crippen molar-refractivity contribution >= 4 is 45.7 Å². The third-order valence-electron chi connectivity index (χ3n) is 7.00. The molecule has 5 rings (SSSR count). The van der Waals surface area contributed by atoms with E-state index < -0.39 is 18.2 Å². The lowest BCUT2D eigenvalue weighted by Gasteiger charge is -2.32. The standard InChI is InChI=1S/C23H30N6O3S.ClH/c1-11-6-18-17(9-24-11)28-22(33-18)15-8-25-23(26-12(2)13-4-3-5-13)29-21(15)27-16-7-14(10-30)19(31)20(16)32;/h6,8-9,12-14,16,19-20,30-32H,3-5,7,10H2,1-2H3,(H2,25,26,27,29);1H/t12-,14-,16-,19-,20+;/m1./s1. The van der Waals surface area contributed by atoms with Crippen molar-refractivity contribution in [1.82, 2.24) is 19.9 Å². The number of aryl methyl sites for hydroxylation is 1. The number of aliphatic hydroxyl groups is 3. The Morgan fingerprint density at radius 2 is 1.94 bits per heavy atom. The van der Waals surface area contributed by atoms with Crippen LogP contribution < -0.4 is 10.6 Å². The predicted octanol–water partition coefficient (Wildman–Crippen LogP) is 2.99. The fourth-order valence-corrected chi connectivity index (χ4v) is 5.69. The molecule has 0 amide bonds. The molecule has 2 fully saturated rings. The molecule has 11 heteroatoms. The number of thiazole rings is 1.